The minimum absolute atomic E-state index is 0.580. The molecule has 1 unspecified atom stereocenters. The van der Waals surface area contributed by atoms with Gasteiger partial charge in [-0.2, -0.15) is 0 Å². The van der Waals surface area contributed by atoms with Gasteiger partial charge in [-0.15, -0.1) is 0 Å². The monoisotopic (exact) mass is 727 g/mol. The Bertz CT molecular complexity index is 2920. The summed E-state index contributed by atoms with van der Waals surface area (Å²) in [6, 6.07) is 81.0. The van der Waals surface area contributed by atoms with Crippen LogP contribution in [0.4, 0.5) is 17.1 Å². The zero-order valence-corrected chi connectivity index (χ0v) is 31.2. The number of fused-ring (bicyclic) bond motifs is 9. The average molecular weight is 728 g/mol. The van der Waals surface area contributed by atoms with Gasteiger partial charge in [0.1, 0.15) is 11.5 Å². The highest BCUT2D eigenvalue weighted by Gasteiger charge is 2.51. The second-order valence-electron chi connectivity index (χ2n) is 14.8. The third-order valence-electron chi connectivity index (χ3n) is 11.8. The van der Waals surface area contributed by atoms with Crippen LogP contribution in [0.15, 0.2) is 224 Å². The van der Waals surface area contributed by atoms with E-state index in [1.165, 1.54) is 55.6 Å². The lowest BCUT2D eigenvalue weighted by Gasteiger charge is -2.39. The van der Waals surface area contributed by atoms with E-state index in [2.05, 4.69) is 229 Å². The van der Waals surface area contributed by atoms with E-state index >= 15 is 0 Å². The van der Waals surface area contributed by atoms with Crippen LogP contribution in [0.25, 0.3) is 44.5 Å². The molecule has 2 nitrogen and oxygen atoms in total. The van der Waals surface area contributed by atoms with Gasteiger partial charge < -0.3 is 9.64 Å². The largest absolute Gasteiger partial charge is 0.457 e. The first-order valence-corrected chi connectivity index (χ1v) is 19.6. The lowest BCUT2D eigenvalue weighted by atomic mass is 9.65. The van der Waals surface area contributed by atoms with Crippen LogP contribution in [-0.4, -0.2) is 0 Å². The zero-order valence-electron chi connectivity index (χ0n) is 31.2. The summed E-state index contributed by atoms with van der Waals surface area (Å²) in [5.41, 5.74) is 17.1. The number of rotatable bonds is 6. The summed E-state index contributed by atoms with van der Waals surface area (Å²) in [6.45, 7) is 0. The molecule has 0 amide bonds. The van der Waals surface area contributed by atoms with Crippen molar-refractivity contribution in [2.24, 2.45) is 0 Å². The first kappa shape index (κ1) is 33.0. The average Bonchev–Trinajstić information content (AvgIpc) is 3.58. The fraction of sp³-hybridized carbons (Fsp3) is 0.0182. The summed E-state index contributed by atoms with van der Waals surface area (Å²) >= 11 is 0. The molecule has 1 spiro atoms. The quantitative estimate of drug-likeness (QED) is 0.169. The molecule has 57 heavy (non-hydrogen) atoms. The summed E-state index contributed by atoms with van der Waals surface area (Å²) < 4.78 is 6.75. The number of ether oxygens (including phenoxy) is 1. The lowest BCUT2D eigenvalue weighted by Crippen LogP contribution is -2.32. The third kappa shape index (κ3) is 5.26. The fourth-order valence-electron chi connectivity index (χ4n) is 9.23. The maximum Gasteiger partial charge on any atom is 0.132 e. The maximum atomic E-state index is 6.75. The van der Waals surface area contributed by atoms with Crippen molar-refractivity contribution in [3.8, 4) is 56.0 Å². The molecule has 2 heteroatoms. The van der Waals surface area contributed by atoms with Gasteiger partial charge in [-0.1, -0.05) is 176 Å². The van der Waals surface area contributed by atoms with E-state index in [-0.39, 0.29) is 0 Å². The molecule has 1 aliphatic heterocycles. The van der Waals surface area contributed by atoms with E-state index in [9.17, 15) is 0 Å². The smallest absolute Gasteiger partial charge is 0.132 e. The first-order valence-electron chi connectivity index (χ1n) is 19.6. The van der Waals surface area contributed by atoms with Crippen molar-refractivity contribution in [2.75, 3.05) is 4.90 Å². The van der Waals surface area contributed by atoms with Gasteiger partial charge in [-0.25, -0.2) is 0 Å². The van der Waals surface area contributed by atoms with Crippen LogP contribution in [0.3, 0.4) is 0 Å². The number of benzene rings is 9. The van der Waals surface area contributed by atoms with E-state index in [4.69, 9.17) is 4.74 Å². The van der Waals surface area contributed by atoms with Crippen LogP contribution in [0.2, 0.25) is 0 Å². The Morgan fingerprint density at radius 1 is 0.298 bits per heavy atom. The van der Waals surface area contributed by atoms with Crippen LogP contribution < -0.4 is 9.64 Å². The van der Waals surface area contributed by atoms with E-state index in [1.54, 1.807) is 0 Å². The molecule has 0 fully saturated rings. The minimum Gasteiger partial charge on any atom is -0.457 e. The SMILES string of the molecule is c1ccc(-c2ccc(N(c3ccc4c(c3)-c3ccccc3C43c4ccccc4Oc4ccc(-c5ccccc5)cc43)c3ccccc3-c3ccccc3)cc2)cc1. The molecular formula is C55H37NO. The summed E-state index contributed by atoms with van der Waals surface area (Å²) in [4.78, 5) is 2.42. The maximum absolute atomic E-state index is 6.75. The van der Waals surface area contributed by atoms with Crippen LogP contribution in [0, 0.1) is 0 Å². The summed E-state index contributed by atoms with van der Waals surface area (Å²) in [5.74, 6) is 1.78. The molecule has 9 aromatic rings. The molecule has 11 rings (SSSR count). The Balaban J connectivity index is 1.15. The van der Waals surface area contributed by atoms with Crippen molar-refractivity contribution in [3.05, 3.63) is 247 Å². The second-order valence-corrected chi connectivity index (χ2v) is 14.8. The van der Waals surface area contributed by atoms with Crippen molar-refractivity contribution in [1.29, 1.82) is 0 Å². The molecular weight excluding hydrogens is 691 g/mol. The zero-order chi connectivity index (χ0) is 37.8. The molecule has 1 atom stereocenters. The van der Waals surface area contributed by atoms with E-state index in [0.717, 1.165) is 39.7 Å². The molecule has 0 aromatic heterocycles. The van der Waals surface area contributed by atoms with Crippen LogP contribution in [0.1, 0.15) is 22.3 Å². The van der Waals surface area contributed by atoms with E-state index < -0.39 is 5.41 Å². The number of nitrogens with zero attached hydrogens (tertiary/aromatic N) is 1. The van der Waals surface area contributed by atoms with E-state index in [1.807, 2.05) is 0 Å². The lowest BCUT2D eigenvalue weighted by molar-refractivity contribution is 0.436. The highest BCUT2D eigenvalue weighted by molar-refractivity contribution is 5.94. The predicted molar refractivity (Wildman–Crippen MR) is 235 cm³/mol. The van der Waals surface area contributed by atoms with Crippen molar-refractivity contribution >= 4 is 17.1 Å². The predicted octanol–water partition coefficient (Wildman–Crippen LogP) is 14.6. The molecule has 0 saturated heterocycles. The summed E-state index contributed by atoms with van der Waals surface area (Å²) in [7, 11) is 0. The van der Waals surface area contributed by atoms with Gasteiger partial charge in [0.05, 0.1) is 11.1 Å². The van der Waals surface area contributed by atoms with Gasteiger partial charge in [-0.3, -0.25) is 0 Å². The summed E-state index contributed by atoms with van der Waals surface area (Å²) in [5, 5.41) is 0. The van der Waals surface area contributed by atoms with Crippen molar-refractivity contribution in [3.63, 3.8) is 0 Å². The van der Waals surface area contributed by atoms with Crippen molar-refractivity contribution < 1.29 is 4.74 Å². The Morgan fingerprint density at radius 2 is 0.807 bits per heavy atom. The number of hydrogen-bond acceptors (Lipinski definition) is 2. The standard InChI is InChI=1S/C55H37NO/c1-4-16-38(17-5-1)40-28-31-43(32-29-40)56(52-26-14-11-22-45(52)41-20-8-3-9-21-41)44-33-34-49-47(37-44)46-23-10-12-24-48(46)55(49)50-25-13-15-27-53(50)57-54-35-30-42(36-51(54)55)39-18-6-2-7-19-39/h1-37H. The Kier molecular flexibility index (Phi) is 7.75. The molecule has 0 radical (unpaired) electrons. The van der Waals surface area contributed by atoms with Crippen LogP contribution in [-0.2, 0) is 5.41 Å². The molecule has 268 valence electrons. The van der Waals surface area contributed by atoms with Gasteiger partial charge in [0.25, 0.3) is 0 Å². The third-order valence-corrected chi connectivity index (χ3v) is 11.8. The molecule has 1 heterocycles. The molecule has 1 aliphatic carbocycles. The van der Waals surface area contributed by atoms with Crippen molar-refractivity contribution in [2.45, 2.75) is 5.41 Å². The minimum atomic E-state index is -0.580. The first-order chi connectivity index (χ1) is 28.3. The van der Waals surface area contributed by atoms with Gasteiger partial charge >= 0.3 is 0 Å². The normalized spacial score (nSPS) is 14.5. The molecule has 0 saturated carbocycles. The topological polar surface area (TPSA) is 12.5 Å². The molecule has 2 aliphatic rings. The molecule has 9 aromatic carbocycles. The number of hydrogen-bond donors (Lipinski definition) is 0. The van der Waals surface area contributed by atoms with E-state index in [0.29, 0.717) is 0 Å². The van der Waals surface area contributed by atoms with Gasteiger partial charge in [0.2, 0.25) is 0 Å². The molecule has 0 bridgehead atoms. The van der Waals surface area contributed by atoms with Gasteiger partial charge in [-0.05, 0) is 98.6 Å². The highest BCUT2D eigenvalue weighted by atomic mass is 16.5. The van der Waals surface area contributed by atoms with Crippen LogP contribution >= 0.6 is 0 Å². The second kappa shape index (κ2) is 13.4. The Hall–Kier alpha value is -7.42. The van der Waals surface area contributed by atoms with Gasteiger partial charge in [0, 0.05) is 28.1 Å². The van der Waals surface area contributed by atoms with Gasteiger partial charge in [0.15, 0.2) is 0 Å². The summed E-state index contributed by atoms with van der Waals surface area (Å²) in [6.07, 6.45) is 0. The van der Waals surface area contributed by atoms with Crippen LogP contribution in [0.5, 0.6) is 11.5 Å². The number of anilines is 3. The van der Waals surface area contributed by atoms with Crippen molar-refractivity contribution in [1.82, 2.24) is 0 Å². The Morgan fingerprint density at radius 3 is 1.54 bits per heavy atom. The Labute approximate surface area is 333 Å². The molecule has 0 N–H and O–H groups in total. The fourth-order valence-corrected chi connectivity index (χ4v) is 9.23. The highest BCUT2D eigenvalue weighted by Crippen LogP contribution is 2.63. The number of para-hydroxylation sites is 2.